The molecule has 0 aliphatic carbocycles. The lowest BCUT2D eigenvalue weighted by Crippen LogP contribution is -2.49. The van der Waals surface area contributed by atoms with E-state index in [0.717, 1.165) is 0 Å². The molecule has 0 radical (unpaired) electrons. The SMILES string of the molecule is CC1(O)CCN(C(=O)NCCOCCC(=O)O)CC1. The molecule has 110 valence electrons. The highest BCUT2D eigenvalue weighted by molar-refractivity contribution is 5.74. The predicted octanol–water partition coefficient (Wildman–Crippen LogP) is 0.0341. The van der Waals surface area contributed by atoms with Crippen LogP contribution in [0.25, 0.3) is 0 Å². The molecule has 3 N–H and O–H groups in total. The van der Waals surface area contributed by atoms with Crippen LogP contribution >= 0.6 is 0 Å². The van der Waals surface area contributed by atoms with Gasteiger partial charge in [0.2, 0.25) is 0 Å². The van der Waals surface area contributed by atoms with Crippen molar-refractivity contribution in [2.45, 2.75) is 31.8 Å². The van der Waals surface area contributed by atoms with Gasteiger partial charge >= 0.3 is 12.0 Å². The van der Waals surface area contributed by atoms with E-state index in [9.17, 15) is 14.7 Å². The van der Waals surface area contributed by atoms with Crippen molar-refractivity contribution in [2.75, 3.05) is 32.8 Å². The first-order valence-corrected chi connectivity index (χ1v) is 6.45. The van der Waals surface area contributed by atoms with Gasteiger partial charge in [0, 0.05) is 19.6 Å². The van der Waals surface area contributed by atoms with Crippen LogP contribution in [-0.2, 0) is 9.53 Å². The van der Waals surface area contributed by atoms with Crippen LogP contribution in [0.2, 0.25) is 0 Å². The lowest BCUT2D eigenvalue weighted by atomic mass is 9.94. The largest absolute Gasteiger partial charge is 0.481 e. The number of carbonyl (C=O) groups is 2. The number of aliphatic carboxylic acids is 1. The standard InChI is InChI=1S/C12H22N2O5/c1-12(18)3-6-14(7-4-12)11(17)13-5-9-19-8-2-10(15)16/h18H,2-9H2,1H3,(H,13,17)(H,15,16). The molecule has 1 heterocycles. The van der Waals surface area contributed by atoms with E-state index in [1.807, 2.05) is 0 Å². The summed E-state index contributed by atoms with van der Waals surface area (Å²) in [5, 5.41) is 20.9. The summed E-state index contributed by atoms with van der Waals surface area (Å²) in [5.41, 5.74) is -0.670. The van der Waals surface area contributed by atoms with Crippen molar-refractivity contribution >= 4 is 12.0 Å². The molecule has 0 bridgehead atoms. The minimum absolute atomic E-state index is 0.0326. The van der Waals surface area contributed by atoms with Crippen LogP contribution in [-0.4, -0.2) is 65.6 Å². The Labute approximate surface area is 112 Å². The number of piperidine rings is 1. The molecule has 0 aromatic rings. The van der Waals surface area contributed by atoms with E-state index in [-0.39, 0.29) is 19.1 Å². The number of carboxylic acids is 1. The van der Waals surface area contributed by atoms with Crippen LogP contribution in [0.4, 0.5) is 4.79 Å². The highest BCUT2D eigenvalue weighted by Gasteiger charge is 2.29. The monoisotopic (exact) mass is 274 g/mol. The second-order valence-corrected chi connectivity index (χ2v) is 4.97. The summed E-state index contributed by atoms with van der Waals surface area (Å²) >= 11 is 0. The molecule has 0 saturated carbocycles. The van der Waals surface area contributed by atoms with Crippen molar-refractivity contribution in [3.05, 3.63) is 0 Å². The third-order valence-corrected chi connectivity index (χ3v) is 3.11. The predicted molar refractivity (Wildman–Crippen MR) is 67.9 cm³/mol. The Kier molecular flexibility index (Phi) is 6.04. The van der Waals surface area contributed by atoms with Crippen LogP contribution in [0.3, 0.4) is 0 Å². The van der Waals surface area contributed by atoms with Gasteiger partial charge < -0.3 is 25.2 Å². The first-order valence-electron chi connectivity index (χ1n) is 6.45. The van der Waals surface area contributed by atoms with Crippen LogP contribution in [0.15, 0.2) is 0 Å². The van der Waals surface area contributed by atoms with E-state index in [1.165, 1.54) is 0 Å². The normalized spacial score (nSPS) is 18.1. The summed E-state index contributed by atoms with van der Waals surface area (Å²) in [4.78, 5) is 23.6. The Morgan fingerprint density at radius 3 is 2.53 bits per heavy atom. The van der Waals surface area contributed by atoms with Gasteiger partial charge in [-0.2, -0.15) is 0 Å². The maximum atomic E-state index is 11.7. The number of nitrogens with zero attached hydrogens (tertiary/aromatic N) is 1. The lowest BCUT2D eigenvalue weighted by molar-refractivity contribution is -0.138. The minimum Gasteiger partial charge on any atom is -0.481 e. The zero-order valence-electron chi connectivity index (χ0n) is 11.2. The van der Waals surface area contributed by atoms with Gasteiger partial charge in [0.25, 0.3) is 0 Å². The van der Waals surface area contributed by atoms with Crippen molar-refractivity contribution in [1.29, 1.82) is 0 Å². The second kappa shape index (κ2) is 7.30. The second-order valence-electron chi connectivity index (χ2n) is 4.97. The topological polar surface area (TPSA) is 99.1 Å². The van der Waals surface area contributed by atoms with Crippen molar-refractivity contribution in [3.8, 4) is 0 Å². The van der Waals surface area contributed by atoms with Gasteiger partial charge in [-0.15, -0.1) is 0 Å². The zero-order valence-corrected chi connectivity index (χ0v) is 11.2. The molecule has 1 aliphatic heterocycles. The molecule has 0 aromatic heterocycles. The van der Waals surface area contributed by atoms with E-state index >= 15 is 0 Å². The number of ether oxygens (including phenoxy) is 1. The fourth-order valence-corrected chi connectivity index (χ4v) is 1.80. The Balaban J connectivity index is 2.07. The molecule has 2 amide bonds. The summed E-state index contributed by atoms with van der Waals surface area (Å²) in [7, 11) is 0. The maximum Gasteiger partial charge on any atom is 0.317 e. The van der Waals surface area contributed by atoms with E-state index in [2.05, 4.69) is 5.32 Å². The molecule has 19 heavy (non-hydrogen) atoms. The third-order valence-electron chi connectivity index (χ3n) is 3.11. The molecule has 1 saturated heterocycles. The molecule has 0 spiro atoms. The third kappa shape index (κ3) is 6.40. The number of amides is 2. The number of hydrogen-bond donors (Lipinski definition) is 3. The van der Waals surface area contributed by atoms with Crippen LogP contribution in [0, 0.1) is 0 Å². The molecule has 7 nitrogen and oxygen atoms in total. The van der Waals surface area contributed by atoms with Crippen molar-refractivity contribution in [3.63, 3.8) is 0 Å². The molecule has 1 aliphatic rings. The average molecular weight is 274 g/mol. The number of hydrogen-bond acceptors (Lipinski definition) is 4. The molecule has 0 unspecified atom stereocenters. The van der Waals surface area contributed by atoms with E-state index in [4.69, 9.17) is 9.84 Å². The summed E-state index contributed by atoms with van der Waals surface area (Å²) in [6.07, 6.45) is 1.13. The Hall–Kier alpha value is -1.34. The van der Waals surface area contributed by atoms with Gasteiger partial charge in [-0.3, -0.25) is 4.79 Å². The summed E-state index contributed by atoms with van der Waals surface area (Å²) in [6, 6.07) is -0.169. The number of aliphatic hydroxyl groups is 1. The number of carboxylic acid groups (broad SMARTS) is 1. The van der Waals surface area contributed by atoms with E-state index in [1.54, 1.807) is 11.8 Å². The van der Waals surface area contributed by atoms with Crippen LogP contribution in [0.5, 0.6) is 0 Å². The van der Waals surface area contributed by atoms with Gasteiger partial charge in [0.15, 0.2) is 0 Å². The molecule has 0 aromatic carbocycles. The smallest absolute Gasteiger partial charge is 0.317 e. The van der Waals surface area contributed by atoms with Gasteiger partial charge in [0.05, 0.1) is 25.2 Å². The molecule has 7 heteroatoms. The fraction of sp³-hybridized carbons (Fsp3) is 0.833. The van der Waals surface area contributed by atoms with Crippen molar-refractivity contribution in [1.82, 2.24) is 10.2 Å². The maximum absolute atomic E-state index is 11.7. The first kappa shape index (κ1) is 15.7. The van der Waals surface area contributed by atoms with Crippen molar-refractivity contribution < 1.29 is 24.5 Å². The summed E-state index contributed by atoms with van der Waals surface area (Å²) < 4.78 is 5.06. The van der Waals surface area contributed by atoms with Gasteiger partial charge in [-0.25, -0.2) is 4.79 Å². The van der Waals surface area contributed by atoms with E-state index < -0.39 is 11.6 Å². The van der Waals surface area contributed by atoms with Gasteiger partial charge in [-0.1, -0.05) is 0 Å². The van der Waals surface area contributed by atoms with Crippen LogP contribution < -0.4 is 5.32 Å². The Morgan fingerprint density at radius 1 is 1.32 bits per heavy atom. The molecule has 0 atom stereocenters. The summed E-state index contributed by atoms with van der Waals surface area (Å²) in [5.74, 6) is -0.899. The van der Waals surface area contributed by atoms with Crippen molar-refractivity contribution in [2.24, 2.45) is 0 Å². The average Bonchev–Trinajstić information content (AvgIpc) is 2.32. The number of nitrogens with one attached hydrogen (secondary N) is 1. The Morgan fingerprint density at radius 2 is 1.95 bits per heavy atom. The number of likely N-dealkylation sites (tertiary alicyclic amines) is 1. The quantitative estimate of drug-likeness (QED) is 0.594. The van der Waals surface area contributed by atoms with Gasteiger partial charge in [-0.05, 0) is 19.8 Å². The molecular formula is C12H22N2O5. The first-order chi connectivity index (χ1) is 8.91. The zero-order chi connectivity index (χ0) is 14.3. The minimum atomic E-state index is -0.899. The fourth-order valence-electron chi connectivity index (χ4n) is 1.80. The highest BCUT2D eigenvalue weighted by Crippen LogP contribution is 2.20. The summed E-state index contributed by atoms with van der Waals surface area (Å²) in [6.45, 7) is 3.66. The number of urea groups is 1. The lowest BCUT2D eigenvalue weighted by Gasteiger charge is -2.35. The number of rotatable bonds is 6. The Bertz CT molecular complexity index is 309. The van der Waals surface area contributed by atoms with E-state index in [0.29, 0.717) is 39.1 Å². The van der Waals surface area contributed by atoms with Crippen LogP contribution in [0.1, 0.15) is 26.2 Å². The molecule has 1 rings (SSSR count). The molecule has 1 fully saturated rings. The highest BCUT2D eigenvalue weighted by atomic mass is 16.5. The number of carbonyl (C=O) groups excluding carboxylic acids is 1. The van der Waals surface area contributed by atoms with Gasteiger partial charge in [0.1, 0.15) is 0 Å². The molecular weight excluding hydrogens is 252 g/mol.